The standard InChI is InChI=1S/C12H13NO4/c1-7-3-9(15)4-8(2)10(7)5-11(12(16)17)13-6-14/h3-4,11,15H,5H2,1-2H3,(H,16,17). The lowest BCUT2D eigenvalue weighted by molar-refractivity contribution is -0.138. The van der Waals surface area contributed by atoms with E-state index in [9.17, 15) is 14.7 Å². The second-order valence-corrected chi connectivity index (χ2v) is 3.84. The molecule has 0 radical (unpaired) electrons. The number of carboxylic acid groups (broad SMARTS) is 1. The molecule has 0 bridgehead atoms. The summed E-state index contributed by atoms with van der Waals surface area (Å²) in [4.78, 5) is 24.3. The summed E-state index contributed by atoms with van der Waals surface area (Å²) >= 11 is 0. The molecule has 1 rings (SSSR count). The van der Waals surface area contributed by atoms with Gasteiger partial charge >= 0.3 is 5.97 Å². The van der Waals surface area contributed by atoms with Gasteiger partial charge in [0.15, 0.2) is 6.04 Å². The molecule has 0 fully saturated rings. The zero-order chi connectivity index (χ0) is 13.0. The average molecular weight is 235 g/mol. The fourth-order valence-corrected chi connectivity index (χ4v) is 1.74. The van der Waals surface area contributed by atoms with Crippen LogP contribution in [0.1, 0.15) is 16.7 Å². The maximum Gasteiger partial charge on any atom is 0.329 e. The first-order valence-electron chi connectivity index (χ1n) is 5.04. The van der Waals surface area contributed by atoms with Crippen molar-refractivity contribution in [3.8, 4) is 5.75 Å². The minimum absolute atomic E-state index is 0.114. The molecule has 1 unspecified atom stereocenters. The van der Waals surface area contributed by atoms with Gasteiger partial charge < -0.3 is 10.2 Å². The summed E-state index contributed by atoms with van der Waals surface area (Å²) in [5.41, 5.74) is 2.32. The first-order chi connectivity index (χ1) is 7.95. The van der Waals surface area contributed by atoms with Crippen LogP contribution in [-0.2, 0) is 16.0 Å². The van der Waals surface area contributed by atoms with Crippen molar-refractivity contribution >= 4 is 12.0 Å². The lowest BCUT2D eigenvalue weighted by Gasteiger charge is -2.12. The van der Waals surface area contributed by atoms with E-state index in [1.807, 2.05) is 0 Å². The molecule has 2 N–H and O–H groups in total. The van der Waals surface area contributed by atoms with Crippen LogP contribution in [0.5, 0.6) is 5.75 Å². The Kier molecular flexibility index (Phi) is 4.01. The summed E-state index contributed by atoms with van der Waals surface area (Å²) in [6, 6.07) is 1.96. The quantitative estimate of drug-likeness (QED) is 0.609. The van der Waals surface area contributed by atoms with E-state index in [1.165, 1.54) is 6.08 Å². The van der Waals surface area contributed by atoms with Crippen LogP contribution in [0.15, 0.2) is 17.1 Å². The molecule has 0 saturated heterocycles. The molecule has 0 heterocycles. The van der Waals surface area contributed by atoms with E-state index in [2.05, 4.69) is 4.99 Å². The highest BCUT2D eigenvalue weighted by molar-refractivity contribution is 5.75. The minimum Gasteiger partial charge on any atom is -0.508 e. The number of aliphatic carboxylic acids is 1. The van der Waals surface area contributed by atoms with Crippen molar-refractivity contribution < 1.29 is 19.8 Å². The first kappa shape index (κ1) is 12.9. The Bertz CT molecular complexity index is 464. The molecule has 0 saturated carbocycles. The minimum atomic E-state index is -1.17. The number of phenols is 1. The fourth-order valence-electron chi connectivity index (χ4n) is 1.74. The van der Waals surface area contributed by atoms with E-state index >= 15 is 0 Å². The number of isocyanates is 1. The molecule has 0 aliphatic rings. The molecule has 5 heteroatoms. The number of aromatic hydroxyl groups is 1. The third-order valence-corrected chi connectivity index (χ3v) is 2.57. The molecule has 90 valence electrons. The van der Waals surface area contributed by atoms with Gasteiger partial charge in [0, 0.05) is 6.42 Å². The van der Waals surface area contributed by atoms with E-state index in [4.69, 9.17) is 5.11 Å². The van der Waals surface area contributed by atoms with Crippen LogP contribution in [0.25, 0.3) is 0 Å². The lowest BCUT2D eigenvalue weighted by atomic mass is 9.96. The van der Waals surface area contributed by atoms with Crippen LogP contribution in [0.2, 0.25) is 0 Å². The van der Waals surface area contributed by atoms with Gasteiger partial charge in [-0.3, -0.25) is 0 Å². The van der Waals surface area contributed by atoms with Gasteiger partial charge in [-0.2, -0.15) is 4.99 Å². The third kappa shape index (κ3) is 3.16. The van der Waals surface area contributed by atoms with E-state index in [0.717, 1.165) is 16.7 Å². The van der Waals surface area contributed by atoms with Crippen molar-refractivity contribution in [1.29, 1.82) is 0 Å². The maximum absolute atomic E-state index is 10.9. The van der Waals surface area contributed by atoms with Crippen LogP contribution in [0.3, 0.4) is 0 Å². The van der Waals surface area contributed by atoms with Crippen LogP contribution in [-0.4, -0.2) is 28.3 Å². The summed E-state index contributed by atoms with van der Waals surface area (Å²) in [6.07, 6.45) is 1.38. The van der Waals surface area contributed by atoms with Gasteiger partial charge in [0.05, 0.1) is 0 Å². The van der Waals surface area contributed by atoms with Crippen molar-refractivity contribution in [3.63, 3.8) is 0 Å². The molecule has 1 aromatic rings. The highest BCUT2D eigenvalue weighted by atomic mass is 16.4. The van der Waals surface area contributed by atoms with Crippen molar-refractivity contribution in [1.82, 2.24) is 0 Å². The molecular weight excluding hydrogens is 222 g/mol. The van der Waals surface area contributed by atoms with E-state index < -0.39 is 12.0 Å². The molecule has 1 aromatic carbocycles. The molecular formula is C12H13NO4. The second kappa shape index (κ2) is 5.27. The molecule has 0 amide bonds. The van der Waals surface area contributed by atoms with Crippen LogP contribution >= 0.6 is 0 Å². The van der Waals surface area contributed by atoms with Gasteiger partial charge in [0.25, 0.3) is 0 Å². The number of nitrogens with zero attached hydrogens (tertiary/aromatic N) is 1. The Morgan fingerprint density at radius 1 is 1.41 bits per heavy atom. The van der Waals surface area contributed by atoms with Gasteiger partial charge in [-0.1, -0.05) is 0 Å². The molecule has 17 heavy (non-hydrogen) atoms. The number of aliphatic imine (C=N–C) groups is 1. The average Bonchev–Trinajstić information content (AvgIpc) is 2.21. The Morgan fingerprint density at radius 2 is 1.94 bits per heavy atom. The smallest absolute Gasteiger partial charge is 0.329 e. The van der Waals surface area contributed by atoms with Crippen LogP contribution in [0, 0.1) is 13.8 Å². The number of carboxylic acids is 1. The predicted molar refractivity (Wildman–Crippen MR) is 60.8 cm³/mol. The third-order valence-electron chi connectivity index (χ3n) is 2.57. The highest BCUT2D eigenvalue weighted by Crippen LogP contribution is 2.22. The zero-order valence-corrected chi connectivity index (χ0v) is 9.60. The zero-order valence-electron chi connectivity index (χ0n) is 9.60. The van der Waals surface area contributed by atoms with Crippen molar-refractivity contribution in [2.45, 2.75) is 26.3 Å². The monoisotopic (exact) mass is 235 g/mol. The number of carbonyl (C=O) groups is 1. The normalized spacial score (nSPS) is 11.6. The van der Waals surface area contributed by atoms with Crippen molar-refractivity contribution in [2.24, 2.45) is 4.99 Å². The van der Waals surface area contributed by atoms with E-state index in [-0.39, 0.29) is 12.2 Å². The Hall–Kier alpha value is -2.13. The largest absolute Gasteiger partial charge is 0.508 e. The van der Waals surface area contributed by atoms with Gasteiger partial charge in [-0.15, -0.1) is 0 Å². The molecule has 0 aliphatic heterocycles. The van der Waals surface area contributed by atoms with Gasteiger partial charge in [0.2, 0.25) is 6.08 Å². The summed E-state index contributed by atoms with van der Waals surface area (Å²) in [5, 5.41) is 18.2. The molecule has 5 nitrogen and oxygen atoms in total. The summed E-state index contributed by atoms with van der Waals surface area (Å²) in [7, 11) is 0. The number of hydrogen-bond acceptors (Lipinski definition) is 4. The molecule has 1 atom stereocenters. The second-order valence-electron chi connectivity index (χ2n) is 3.84. The fraction of sp³-hybridized carbons (Fsp3) is 0.333. The van der Waals surface area contributed by atoms with Crippen LogP contribution in [0.4, 0.5) is 0 Å². The Morgan fingerprint density at radius 3 is 2.35 bits per heavy atom. The Labute approximate surface area is 98.4 Å². The number of benzene rings is 1. The predicted octanol–water partition coefficient (Wildman–Crippen LogP) is 1.34. The first-order valence-corrected chi connectivity index (χ1v) is 5.04. The summed E-state index contributed by atoms with van der Waals surface area (Å²) < 4.78 is 0. The molecule has 0 aliphatic carbocycles. The van der Waals surface area contributed by atoms with E-state index in [1.54, 1.807) is 26.0 Å². The Balaban J connectivity index is 3.09. The number of hydrogen-bond donors (Lipinski definition) is 2. The van der Waals surface area contributed by atoms with Crippen molar-refractivity contribution in [3.05, 3.63) is 28.8 Å². The number of rotatable bonds is 4. The van der Waals surface area contributed by atoms with Gasteiger partial charge in [-0.05, 0) is 42.7 Å². The summed E-state index contributed by atoms with van der Waals surface area (Å²) in [5.74, 6) is -1.03. The van der Waals surface area contributed by atoms with E-state index in [0.29, 0.717) is 0 Å². The van der Waals surface area contributed by atoms with Crippen LogP contribution < -0.4 is 0 Å². The summed E-state index contributed by atoms with van der Waals surface area (Å²) in [6.45, 7) is 3.54. The lowest BCUT2D eigenvalue weighted by Crippen LogP contribution is -2.21. The highest BCUT2D eigenvalue weighted by Gasteiger charge is 2.19. The number of phenolic OH excluding ortho intramolecular Hbond substituents is 1. The number of aryl methyl sites for hydroxylation is 2. The van der Waals surface area contributed by atoms with Gasteiger partial charge in [0.1, 0.15) is 5.75 Å². The maximum atomic E-state index is 10.9. The topological polar surface area (TPSA) is 87.0 Å². The van der Waals surface area contributed by atoms with Crippen molar-refractivity contribution in [2.75, 3.05) is 0 Å². The number of carbonyl (C=O) groups excluding carboxylic acids is 1. The molecule has 0 aromatic heterocycles. The van der Waals surface area contributed by atoms with Gasteiger partial charge in [-0.25, -0.2) is 9.59 Å². The SMILES string of the molecule is Cc1cc(O)cc(C)c1CC(N=C=O)C(=O)O. The molecule has 0 spiro atoms.